The first-order valence-corrected chi connectivity index (χ1v) is 9.93. The SMILES string of the molecule is CCCCCCN=CCCOc1ccc(-c2cn3ccc(C)cc3n2)cc1. The Hall–Kier alpha value is -2.62. The van der Waals surface area contributed by atoms with Crippen molar-refractivity contribution in [3.8, 4) is 17.0 Å². The maximum absolute atomic E-state index is 5.80. The van der Waals surface area contributed by atoms with Crippen LogP contribution in [0.1, 0.15) is 44.6 Å². The first-order chi connectivity index (χ1) is 13.3. The molecule has 0 N–H and O–H groups in total. The van der Waals surface area contributed by atoms with Gasteiger partial charge in [0.05, 0.1) is 12.3 Å². The summed E-state index contributed by atoms with van der Waals surface area (Å²) in [5, 5.41) is 0. The highest BCUT2D eigenvalue weighted by atomic mass is 16.5. The molecular formula is C23H29N3O. The highest BCUT2D eigenvalue weighted by molar-refractivity contribution is 5.63. The zero-order valence-electron chi connectivity index (χ0n) is 16.4. The van der Waals surface area contributed by atoms with E-state index >= 15 is 0 Å². The van der Waals surface area contributed by atoms with Crippen LogP contribution in [0.3, 0.4) is 0 Å². The summed E-state index contributed by atoms with van der Waals surface area (Å²) in [5.41, 5.74) is 4.26. The van der Waals surface area contributed by atoms with Crippen molar-refractivity contribution in [2.75, 3.05) is 13.2 Å². The lowest BCUT2D eigenvalue weighted by atomic mass is 10.2. The van der Waals surface area contributed by atoms with Gasteiger partial charge >= 0.3 is 0 Å². The largest absolute Gasteiger partial charge is 0.493 e. The predicted molar refractivity (Wildman–Crippen MR) is 113 cm³/mol. The zero-order valence-corrected chi connectivity index (χ0v) is 16.4. The van der Waals surface area contributed by atoms with Gasteiger partial charge in [-0.3, -0.25) is 4.99 Å². The Balaban J connectivity index is 1.46. The summed E-state index contributed by atoms with van der Waals surface area (Å²) in [7, 11) is 0. The Kier molecular flexibility index (Phi) is 7.03. The summed E-state index contributed by atoms with van der Waals surface area (Å²) in [6, 6.07) is 12.3. The van der Waals surface area contributed by atoms with E-state index < -0.39 is 0 Å². The molecule has 0 saturated heterocycles. The van der Waals surface area contributed by atoms with Crippen molar-refractivity contribution in [2.24, 2.45) is 4.99 Å². The van der Waals surface area contributed by atoms with Crippen LogP contribution >= 0.6 is 0 Å². The molecule has 0 saturated carbocycles. The van der Waals surface area contributed by atoms with Crippen molar-refractivity contribution in [1.29, 1.82) is 0 Å². The maximum atomic E-state index is 5.80. The van der Waals surface area contributed by atoms with E-state index in [1.54, 1.807) is 0 Å². The van der Waals surface area contributed by atoms with Crippen LogP contribution in [0.15, 0.2) is 53.8 Å². The van der Waals surface area contributed by atoms with Gasteiger partial charge in [-0.05, 0) is 55.3 Å². The zero-order chi connectivity index (χ0) is 18.9. The fourth-order valence-electron chi connectivity index (χ4n) is 2.99. The predicted octanol–water partition coefficient (Wildman–Crippen LogP) is 5.73. The summed E-state index contributed by atoms with van der Waals surface area (Å²) in [4.78, 5) is 9.14. The van der Waals surface area contributed by atoms with Gasteiger partial charge in [0.1, 0.15) is 11.4 Å². The Labute approximate surface area is 161 Å². The quantitative estimate of drug-likeness (QED) is 0.341. The third-order valence-electron chi connectivity index (χ3n) is 4.55. The van der Waals surface area contributed by atoms with E-state index in [-0.39, 0.29) is 0 Å². The highest BCUT2D eigenvalue weighted by Gasteiger charge is 2.05. The molecule has 0 radical (unpaired) electrons. The number of aryl methyl sites for hydroxylation is 1. The van der Waals surface area contributed by atoms with Crippen molar-refractivity contribution in [1.82, 2.24) is 9.38 Å². The number of unbranched alkanes of at least 4 members (excludes halogenated alkanes) is 3. The number of hydrogen-bond donors (Lipinski definition) is 0. The van der Waals surface area contributed by atoms with Gasteiger partial charge in [0, 0.05) is 37.1 Å². The van der Waals surface area contributed by atoms with E-state index in [9.17, 15) is 0 Å². The van der Waals surface area contributed by atoms with E-state index in [2.05, 4.69) is 49.3 Å². The number of pyridine rings is 1. The first kappa shape index (κ1) is 19.2. The van der Waals surface area contributed by atoms with Crippen molar-refractivity contribution in [3.63, 3.8) is 0 Å². The van der Waals surface area contributed by atoms with Crippen molar-refractivity contribution < 1.29 is 4.74 Å². The molecule has 4 heteroatoms. The molecule has 0 amide bonds. The summed E-state index contributed by atoms with van der Waals surface area (Å²) in [5.74, 6) is 0.884. The molecule has 27 heavy (non-hydrogen) atoms. The van der Waals surface area contributed by atoms with Gasteiger partial charge in [-0.15, -0.1) is 0 Å². The fraction of sp³-hybridized carbons (Fsp3) is 0.391. The molecular weight excluding hydrogens is 334 g/mol. The average Bonchev–Trinajstić information content (AvgIpc) is 3.10. The summed E-state index contributed by atoms with van der Waals surface area (Å²) in [6.07, 6.45) is 12.0. The number of imidazole rings is 1. The molecule has 1 aromatic carbocycles. The summed E-state index contributed by atoms with van der Waals surface area (Å²) < 4.78 is 7.85. The number of aromatic nitrogens is 2. The Morgan fingerprint density at radius 1 is 1.11 bits per heavy atom. The standard InChI is InChI=1S/C23H29N3O/c1-3-4-5-6-13-24-14-7-16-27-21-10-8-20(9-11-21)22-18-26-15-12-19(2)17-23(26)25-22/h8-12,14-15,17-18H,3-7,13,16H2,1-2H3. The van der Waals surface area contributed by atoms with Gasteiger partial charge in [0.25, 0.3) is 0 Å². The van der Waals surface area contributed by atoms with Gasteiger partial charge in [-0.1, -0.05) is 26.2 Å². The highest BCUT2D eigenvalue weighted by Crippen LogP contribution is 2.22. The normalized spacial score (nSPS) is 11.5. The molecule has 0 aliphatic rings. The third-order valence-corrected chi connectivity index (χ3v) is 4.55. The molecule has 0 fully saturated rings. The van der Waals surface area contributed by atoms with Gasteiger partial charge in [0.2, 0.25) is 0 Å². The van der Waals surface area contributed by atoms with Crippen LogP contribution in [0.25, 0.3) is 16.9 Å². The second-order valence-electron chi connectivity index (χ2n) is 6.91. The van der Waals surface area contributed by atoms with E-state index in [0.717, 1.165) is 35.6 Å². The molecule has 0 spiro atoms. The second kappa shape index (κ2) is 9.91. The summed E-state index contributed by atoms with van der Waals surface area (Å²) in [6.45, 7) is 5.90. The molecule has 142 valence electrons. The van der Waals surface area contributed by atoms with Crippen LogP contribution < -0.4 is 4.74 Å². The second-order valence-corrected chi connectivity index (χ2v) is 6.91. The minimum atomic E-state index is 0.658. The smallest absolute Gasteiger partial charge is 0.137 e. The van der Waals surface area contributed by atoms with Crippen LogP contribution in [-0.4, -0.2) is 28.8 Å². The van der Waals surface area contributed by atoms with Gasteiger partial charge in [0.15, 0.2) is 0 Å². The maximum Gasteiger partial charge on any atom is 0.137 e. The van der Waals surface area contributed by atoms with Gasteiger partial charge in [-0.2, -0.15) is 0 Å². The molecule has 4 nitrogen and oxygen atoms in total. The third kappa shape index (κ3) is 5.68. The molecule has 3 rings (SSSR count). The lowest BCUT2D eigenvalue weighted by molar-refractivity contribution is 0.330. The molecule has 0 aliphatic carbocycles. The minimum Gasteiger partial charge on any atom is -0.493 e. The number of hydrogen-bond acceptors (Lipinski definition) is 3. The number of ether oxygens (including phenoxy) is 1. The Morgan fingerprint density at radius 3 is 2.78 bits per heavy atom. The lowest BCUT2D eigenvalue weighted by Gasteiger charge is -2.05. The Bertz CT molecular complexity index is 865. The molecule has 0 unspecified atom stereocenters. The van der Waals surface area contributed by atoms with E-state index in [1.807, 2.05) is 28.9 Å². The number of fused-ring (bicyclic) bond motifs is 1. The number of aliphatic imine (C=N–C) groups is 1. The Morgan fingerprint density at radius 2 is 1.96 bits per heavy atom. The van der Waals surface area contributed by atoms with Crippen LogP contribution in [0.2, 0.25) is 0 Å². The van der Waals surface area contributed by atoms with E-state index in [1.165, 1.54) is 31.2 Å². The molecule has 0 aliphatic heterocycles. The number of rotatable bonds is 10. The van der Waals surface area contributed by atoms with Crippen LogP contribution in [0.4, 0.5) is 0 Å². The average molecular weight is 364 g/mol. The van der Waals surface area contributed by atoms with Gasteiger partial charge < -0.3 is 9.14 Å². The van der Waals surface area contributed by atoms with Crippen molar-refractivity contribution >= 4 is 11.9 Å². The van der Waals surface area contributed by atoms with Gasteiger partial charge in [-0.25, -0.2) is 4.98 Å². The van der Waals surface area contributed by atoms with E-state index in [4.69, 9.17) is 9.72 Å². The molecule has 0 bridgehead atoms. The first-order valence-electron chi connectivity index (χ1n) is 9.93. The topological polar surface area (TPSA) is 38.9 Å². The summed E-state index contributed by atoms with van der Waals surface area (Å²) >= 11 is 0. The van der Waals surface area contributed by atoms with Crippen molar-refractivity contribution in [3.05, 3.63) is 54.4 Å². The fourth-order valence-corrected chi connectivity index (χ4v) is 2.99. The van der Waals surface area contributed by atoms with Crippen molar-refractivity contribution in [2.45, 2.75) is 46.0 Å². The molecule has 0 atom stereocenters. The lowest BCUT2D eigenvalue weighted by Crippen LogP contribution is -1.98. The monoisotopic (exact) mass is 363 g/mol. The number of benzene rings is 1. The number of nitrogens with zero attached hydrogens (tertiary/aromatic N) is 3. The molecule has 2 aromatic heterocycles. The van der Waals surface area contributed by atoms with Crippen LogP contribution in [0.5, 0.6) is 5.75 Å². The van der Waals surface area contributed by atoms with Crippen LogP contribution in [0, 0.1) is 6.92 Å². The van der Waals surface area contributed by atoms with Crippen LogP contribution in [-0.2, 0) is 0 Å². The van der Waals surface area contributed by atoms with E-state index in [0.29, 0.717) is 6.61 Å². The molecule has 3 aromatic rings. The molecule has 2 heterocycles. The minimum absolute atomic E-state index is 0.658.